The number of halogens is 1. The van der Waals surface area contributed by atoms with E-state index in [1.54, 1.807) is 0 Å². The van der Waals surface area contributed by atoms with Crippen molar-refractivity contribution >= 4 is 18.3 Å². The van der Waals surface area contributed by atoms with Gasteiger partial charge in [0.1, 0.15) is 0 Å². The number of rotatable bonds is 6. The van der Waals surface area contributed by atoms with Crippen molar-refractivity contribution in [2.24, 2.45) is 17.8 Å². The van der Waals surface area contributed by atoms with Crippen LogP contribution in [0.1, 0.15) is 40.0 Å². The summed E-state index contributed by atoms with van der Waals surface area (Å²) < 4.78 is 0. The fourth-order valence-electron chi connectivity index (χ4n) is 2.38. The minimum atomic E-state index is 0. The third-order valence-electron chi connectivity index (χ3n) is 4.13. The maximum atomic E-state index is 12.5. The number of carbonyl (C=O) groups is 1. The summed E-state index contributed by atoms with van der Waals surface area (Å²) in [7, 11) is 0. The van der Waals surface area contributed by atoms with E-state index in [2.05, 4.69) is 31.0 Å². The van der Waals surface area contributed by atoms with E-state index >= 15 is 0 Å². The van der Waals surface area contributed by atoms with E-state index in [4.69, 9.17) is 0 Å². The Hall–Kier alpha value is -0.280. The van der Waals surface area contributed by atoms with E-state index in [0.717, 1.165) is 26.1 Å². The molecule has 18 heavy (non-hydrogen) atoms. The predicted octanol–water partition coefficient (Wildman–Crippen LogP) is 2.30. The van der Waals surface area contributed by atoms with Crippen molar-refractivity contribution in [3.8, 4) is 0 Å². The SMILES string of the molecule is CC(C)CCN(C(=O)C(C)C1CNC1)C1CC1.Cl. The zero-order valence-corrected chi connectivity index (χ0v) is 12.6. The van der Waals surface area contributed by atoms with Gasteiger partial charge in [-0.15, -0.1) is 12.4 Å². The second-order valence-electron chi connectivity index (χ2n) is 6.15. The molecule has 1 unspecified atom stereocenters. The van der Waals surface area contributed by atoms with Crippen molar-refractivity contribution in [2.45, 2.75) is 46.1 Å². The van der Waals surface area contributed by atoms with Gasteiger partial charge in [0, 0.05) is 18.5 Å². The van der Waals surface area contributed by atoms with Crippen molar-refractivity contribution in [1.29, 1.82) is 0 Å². The van der Waals surface area contributed by atoms with Crippen molar-refractivity contribution in [2.75, 3.05) is 19.6 Å². The summed E-state index contributed by atoms with van der Waals surface area (Å²) in [5.41, 5.74) is 0. The Kier molecular flexibility index (Phi) is 5.93. The topological polar surface area (TPSA) is 32.3 Å². The van der Waals surface area contributed by atoms with E-state index in [1.165, 1.54) is 12.8 Å². The van der Waals surface area contributed by atoms with Gasteiger partial charge in [-0.05, 0) is 44.2 Å². The fraction of sp³-hybridized carbons (Fsp3) is 0.929. The van der Waals surface area contributed by atoms with Crippen LogP contribution in [0.3, 0.4) is 0 Å². The van der Waals surface area contributed by atoms with Gasteiger partial charge in [-0.3, -0.25) is 4.79 Å². The summed E-state index contributed by atoms with van der Waals surface area (Å²) in [5, 5.41) is 3.26. The Labute approximate surface area is 117 Å². The molecule has 1 amide bonds. The van der Waals surface area contributed by atoms with E-state index in [0.29, 0.717) is 23.8 Å². The molecule has 1 N–H and O–H groups in total. The summed E-state index contributed by atoms with van der Waals surface area (Å²) in [6.07, 6.45) is 3.58. The normalized spacial score (nSPS) is 21.1. The Morgan fingerprint density at radius 2 is 1.89 bits per heavy atom. The summed E-state index contributed by atoms with van der Waals surface area (Å²) in [5.74, 6) is 1.87. The van der Waals surface area contributed by atoms with Crippen molar-refractivity contribution < 1.29 is 4.79 Å². The quantitative estimate of drug-likeness (QED) is 0.806. The van der Waals surface area contributed by atoms with Crippen LogP contribution < -0.4 is 5.32 Å². The zero-order valence-electron chi connectivity index (χ0n) is 11.8. The minimum Gasteiger partial charge on any atom is -0.339 e. The molecule has 2 aliphatic rings. The average Bonchev–Trinajstić information content (AvgIpc) is 2.98. The van der Waals surface area contributed by atoms with Gasteiger partial charge in [0.15, 0.2) is 0 Å². The third-order valence-corrected chi connectivity index (χ3v) is 4.13. The second-order valence-corrected chi connectivity index (χ2v) is 6.15. The Balaban J connectivity index is 0.00000162. The van der Waals surface area contributed by atoms with Gasteiger partial charge in [-0.2, -0.15) is 0 Å². The summed E-state index contributed by atoms with van der Waals surface area (Å²) in [4.78, 5) is 14.6. The summed E-state index contributed by atoms with van der Waals surface area (Å²) >= 11 is 0. The lowest BCUT2D eigenvalue weighted by molar-refractivity contribution is -0.138. The van der Waals surface area contributed by atoms with Crippen LogP contribution in [-0.4, -0.2) is 36.5 Å². The lowest BCUT2D eigenvalue weighted by Gasteiger charge is -2.35. The van der Waals surface area contributed by atoms with Gasteiger partial charge in [0.25, 0.3) is 0 Å². The molecule has 1 aliphatic heterocycles. The maximum Gasteiger partial charge on any atom is 0.226 e. The highest BCUT2D eigenvalue weighted by atomic mass is 35.5. The maximum absolute atomic E-state index is 12.5. The molecule has 0 bridgehead atoms. The molecule has 1 atom stereocenters. The highest BCUT2D eigenvalue weighted by Gasteiger charge is 2.37. The monoisotopic (exact) mass is 274 g/mol. The predicted molar refractivity (Wildman–Crippen MR) is 77.0 cm³/mol. The van der Waals surface area contributed by atoms with Gasteiger partial charge in [0.2, 0.25) is 5.91 Å². The highest BCUT2D eigenvalue weighted by molar-refractivity contribution is 5.85. The van der Waals surface area contributed by atoms with Crippen LogP contribution in [0.25, 0.3) is 0 Å². The lowest BCUT2D eigenvalue weighted by Crippen LogP contribution is -2.51. The first-order chi connectivity index (χ1) is 8.09. The largest absolute Gasteiger partial charge is 0.339 e. The molecule has 106 valence electrons. The standard InChI is InChI=1S/C14H26N2O.ClH/c1-10(2)6-7-16(13-4-5-13)14(17)11(3)12-8-15-9-12;/h10-13,15H,4-9H2,1-3H3;1H. The number of nitrogens with one attached hydrogen (secondary N) is 1. The van der Waals surface area contributed by atoms with E-state index in [-0.39, 0.29) is 18.3 Å². The van der Waals surface area contributed by atoms with Gasteiger partial charge in [-0.1, -0.05) is 20.8 Å². The third kappa shape index (κ3) is 3.86. The molecular formula is C14H27ClN2O. The summed E-state index contributed by atoms with van der Waals surface area (Å²) in [6, 6.07) is 0.566. The van der Waals surface area contributed by atoms with E-state index < -0.39 is 0 Å². The Morgan fingerprint density at radius 3 is 2.28 bits per heavy atom. The number of carbonyl (C=O) groups excluding carboxylic acids is 1. The first-order valence-electron chi connectivity index (χ1n) is 7.10. The van der Waals surface area contributed by atoms with Gasteiger partial charge < -0.3 is 10.2 Å². The molecule has 0 spiro atoms. The first kappa shape index (κ1) is 15.8. The number of amides is 1. The molecule has 0 aromatic heterocycles. The number of nitrogens with zero attached hydrogens (tertiary/aromatic N) is 1. The lowest BCUT2D eigenvalue weighted by atomic mass is 9.87. The van der Waals surface area contributed by atoms with Gasteiger partial charge >= 0.3 is 0 Å². The van der Waals surface area contributed by atoms with Crippen LogP contribution in [-0.2, 0) is 4.79 Å². The molecule has 2 rings (SSSR count). The molecule has 1 saturated carbocycles. The van der Waals surface area contributed by atoms with Crippen LogP contribution in [0.4, 0.5) is 0 Å². The van der Waals surface area contributed by atoms with E-state index in [9.17, 15) is 4.79 Å². The van der Waals surface area contributed by atoms with Gasteiger partial charge in [-0.25, -0.2) is 0 Å². The molecular weight excluding hydrogens is 248 g/mol. The second kappa shape index (κ2) is 6.76. The van der Waals surface area contributed by atoms with Crippen molar-refractivity contribution in [3.63, 3.8) is 0 Å². The average molecular weight is 275 g/mol. The molecule has 3 nitrogen and oxygen atoms in total. The van der Waals surface area contributed by atoms with Crippen LogP contribution in [0.5, 0.6) is 0 Å². The van der Waals surface area contributed by atoms with Crippen LogP contribution >= 0.6 is 12.4 Å². The van der Waals surface area contributed by atoms with E-state index in [1.807, 2.05) is 0 Å². The zero-order chi connectivity index (χ0) is 12.4. The highest BCUT2D eigenvalue weighted by Crippen LogP contribution is 2.30. The van der Waals surface area contributed by atoms with Crippen molar-refractivity contribution in [3.05, 3.63) is 0 Å². The molecule has 0 radical (unpaired) electrons. The molecule has 1 saturated heterocycles. The van der Waals surface area contributed by atoms with Crippen LogP contribution in [0.2, 0.25) is 0 Å². The smallest absolute Gasteiger partial charge is 0.226 e. The molecule has 1 aliphatic carbocycles. The minimum absolute atomic E-state index is 0. The first-order valence-corrected chi connectivity index (χ1v) is 7.10. The summed E-state index contributed by atoms with van der Waals surface area (Å²) in [6.45, 7) is 9.58. The molecule has 1 heterocycles. The van der Waals surface area contributed by atoms with Crippen LogP contribution in [0.15, 0.2) is 0 Å². The fourth-order valence-corrected chi connectivity index (χ4v) is 2.38. The van der Waals surface area contributed by atoms with Gasteiger partial charge in [0.05, 0.1) is 0 Å². The van der Waals surface area contributed by atoms with Crippen molar-refractivity contribution in [1.82, 2.24) is 10.2 Å². The molecule has 2 fully saturated rings. The number of hydrogen-bond donors (Lipinski definition) is 1. The Bertz CT molecular complexity index is 275. The number of hydrogen-bond acceptors (Lipinski definition) is 2. The molecule has 0 aromatic rings. The van der Waals surface area contributed by atoms with Crippen LogP contribution in [0, 0.1) is 17.8 Å². The molecule has 0 aromatic carbocycles. The molecule has 4 heteroatoms. The Morgan fingerprint density at radius 1 is 1.28 bits per heavy atom.